The van der Waals surface area contributed by atoms with E-state index in [4.69, 9.17) is 23.7 Å². The van der Waals surface area contributed by atoms with E-state index in [1.165, 1.54) is 0 Å². The highest BCUT2D eigenvalue weighted by atomic mass is 19.4. The molecular weight excluding hydrogens is 619 g/mol. The second kappa shape index (κ2) is 16.8. The van der Waals surface area contributed by atoms with Gasteiger partial charge < -0.3 is 44.0 Å². The maximum atomic E-state index is 13.5. The van der Waals surface area contributed by atoms with Gasteiger partial charge in [0.1, 0.15) is 30.7 Å². The third kappa shape index (κ3) is 10.5. The third-order valence-electron chi connectivity index (χ3n) is 5.80. The highest BCUT2D eigenvalue weighted by molar-refractivity contribution is 5.73. The van der Waals surface area contributed by atoms with E-state index in [0.717, 1.165) is 6.20 Å². The molecule has 1 aliphatic heterocycles. The molecule has 12 nitrogen and oxygen atoms in total. The summed E-state index contributed by atoms with van der Waals surface area (Å²) in [4.78, 5) is 18.4. The molecule has 1 aliphatic rings. The van der Waals surface area contributed by atoms with Crippen molar-refractivity contribution >= 4 is 11.8 Å². The Morgan fingerprint density at radius 2 is 1.50 bits per heavy atom. The van der Waals surface area contributed by atoms with E-state index in [2.05, 4.69) is 20.0 Å². The van der Waals surface area contributed by atoms with E-state index >= 15 is 0 Å². The number of benzene rings is 1. The van der Waals surface area contributed by atoms with Crippen LogP contribution in [0.3, 0.4) is 0 Å². The first-order valence-corrected chi connectivity index (χ1v) is 12.9. The summed E-state index contributed by atoms with van der Waals surface area (Å²) >= 11 is 0. The molecule has 1 fully saturated rings. The highest BCUT2D eigenvalue weighted by Gasteiger charge is 2.39. The molecule has 0 bridgehead atoms. The van der Waals surface area contributed by atoms with Crippen molar-refractivity contribution in [1.29, 1.82) is 0 Å². The summed E-state index contributed by atoms with van der Waals surface area (Å²) in [5.41, 5.74) is -1.22. The third-order valence-corrected chi connectivity index (χ3v) is 5.80. The number of anilines is 1. The number of hydrogen-bond donors (Lipinski definition) is 3. The standard InChI is InChI=1S/C25H28F7N3O9/c26-13-7-14(27)21(29)24(20(13)28)44-19(36)12-42-6-4-40-2-1-39-3-5-41-11-16-23(38)22(37)15(10-43-16)34-18-9-33-8-17(35-18)25(30,31)32/h7-9,15-16,22-23,37-38H,1-6,10-12H2,(H,34,35)/t15-,16+,22+,23-/m0/s1. The van der Waals surface area contributed by atoms with Crippen LogP contribution in [0, 0.1) is 23.3 Å². The number of halogens is 7. The number of esters is 1. The van der Waals surface area contributed by atoms with Crippen molar-refractivity contribution in [3.63, 3.8) is 0 Å². The van der Waals surface area contributed by atoms with E-state index in [0.29, 0.717) is 6.20 Å². The minimum Gasteiger partial charge on any atom is -0.418 e. The fourth-order valence-corrected chi connectivity index (χ4v) is 3.61. The lowest BCUT2D eigenvalue weighted by atomic mass is 9.98. The summed E-state index contributed by atoms with van der Waals surface area (Å²) in [6.07, 6.45) is -6.83. The largest absolute Gasteiger partial charge is 0.434 e. The molecule has 3 rings (SSSR count). The average molecular weight is 647 g/mol. The molecule has 246 valence electrons. The van der Waals surface area contributed by atoms with E-state index in [1.807, 2.05) is 0 Å². The zero-order chi connectivity index (χ0) is 32.3. The molecule has 1 aromatic carbocycles. The molecule has 0 unspecified atom stereocenters. The summed E-state index contributed by atoms with van der Waals surface area (Å²) in [6.45, 7) is -0.689. The smallest absolute Gasteiger partial charge is 0.418 e. The van der Waals surface area contributed by atoms with Crippen LogP contribution in [0.4, 0.5) is 36.6 Å². The molecule has 0 spiro atoms. The van der Waals surface area contributed by atoms with Crippen LogP contribution in [-0.4, -0.2) is 110 Å². The molecule has 2 heterocycles. The van der Waals surface area contributed by atoms with Gasteiger partial charge in [-0.1, -0.05) is 0 Å². The van der Waals surface area contributed by atoms with Crippen LogP contribution < -0.4 is 10.1 Å². The van der Waals surface area contributed by atoms with Crippen LogP contribution in [0.1, 0.15) is 5.69 Å². The molecule has 19 heteroatoms. The SMILES string of the molecule is O=C(COCCOCCOCCOC[C@H]1OC[C@H](Nc2cncc(C(F)(F)F)n2)[C@@H](O)[C@H]1O)Oc1c(F)c(F)cc(F)c1F. The van der Waals surface area contributed by atoms with Gasteiger partial charge in [0.05, 0.1) is 71.3 Å². The maximum Gasteiger partial charge on any atom is 0.434 e. The second-order valence-electron chi connectivity index (χ2n) is 9.01. The van der Waals surface area contributed by atoms with Crippen molar-refractivity contribution in [3.8, 4) is 5.75 Å². The monoisotopic (exact) mass is 647 g/mol. The van der Waals surface area contributed by atoms with Crippen molar-refractivity contribution in [1.82, 2.24) is 9.97 Å². The van der Waals surface area contributed by atoms with Gasteiger partial charge in [0, 0.05) is 6.07 Å². The van der Waals surface area contributed by atoms with E-state index in [-0.39, 0.29) is 64.7 Å². The summed E-state index contributed by atoms with van der Waals surface area (Å²) in [5.74, 6) is -10.2. The number of carbonyl (C=O) groups excluding carboxylic acids is 1. The number of alkyl halides is 3. The minimum absolute atomic E-state index is 0.000120. The van der Waals surface area contributed by atoms with Crippen LogP contribution in [0.25, 0.3) is 0 Å². The predicted molar refractivity (Wildman–Crippen MR) is 131 cm³/mol. The fraction of sp³-hybridized carbons (Fsp3) is 0.560. The molecule has 3 N–H and O–H groups in total. The van der Waals surface area contributed by atoms with E-state index < -0.39 is 77.8 Å². The van der Waals surface area contributed by atoms with Crippen LogP contribution in [0.15, 0.2) is 18.5 Å². The van der Waals surface area contributed by atoms with Crippen LogP contribution in [0.2, 0.25) is 0 Å². The molecule has 1 aromatic heterocycles. The second-order valence-corrected chi connectivity index (χ2v) is 9.01. The highest BCUT2D eigenvalue weighted by Crippen LogP contribution is 2.28. The molecule has 0 radical (unpaired) electrons. The zero-order valence-electron chi connectivity index (χ0n) is 22.7. The van der Waals surface area contributed by atoms with Gasteiger partial charge in [-0.05, 0) is 0 Å². The fourth-order valence-electron chi connectivity index (χ4n) is 3.61. The topological polar surface area (TPSA) is 151 Å². The van der Waals surface area contributed by atoms with Gasteiger partial charge in [-0.15, -0.1) is 0 Å². The number of ether oxygens (including phenoxy) is 6. The molecule has 0 amide bonds. The first-order valence-electron chi connectivity index (χ1n) is 12.9. The van der Waals surface area contributed by atoms with Gasteiger partial charge in [-0.25, -0.2) is 18.6 Å². The normalized spacial score (nSPS) is 20.5. The molecule has 4 atom stereocenters. The van der Waals surface area contributed by atoms with Gasteiger partial charge in [0.15, 0.2) is 17.3 Å². The number of hydrogen-bond acceptors (Lipinski definition) is 12. The summed E-state index contributed by atoms with van der Waals surface area (Å²) < 4.78 is 122. The van der Waals surface area contributed by atoms with Gasteiger partial charge in [-0.3, -0.25) is 4.98 Å². The van der Waals surface area contributed by atoms with E-state index in [9.17, 15) is 45.7 Å². The van der Waals surface area contributed by atoms with Crippen molar-refractivity contribution in [3.05, 3.63) is 47.4 Å². The lowest BCUT2D eigenvalue weighted by Gasteiger charge is -2.38. The molecule has 0 saturated carbocycles. The summed E-state index contributed by atoms with van der Waals surface area (Å²) in [7, 11) is 0. The summed E-state index contributed by atoms with van der Waals surface area (Å²) in [6, 6.07) is -0.985. The quantitative estimate of drug-likeness (QED) is 0.0799. The minimum atomic E-state index is -4.70. The summed E-state index contributed by atoms with van der Waals surface area (Å²) in [5, 5.41) is 23.2. The molecule has 2 aromatic rings. The van der Waals surface area contributed by atoms with Gasteiger partial charge in [0.25, 0.3) is 0 Å². The Morgan fingerprint density at radius 1 is 0.909 bits per heavy atom. The number of nitrogens with one attached hydrogen (secondary N) is 1. The Bertz CT molecular complexity index is 1200. The lowest BCUT2D eigenvalue weighted by molar-refractivity contribution is -0.161. The Balaban J connectivity index is 1.20. The number of aliphatic hydroxyl groups excluding tert-OH is 2. The van der Waals surface area contributed by atoms with Crippen molar-refractivity contribution < 1.29 is 74.2 Å². The maximum absolute atomic E-state index is 13.5. The van der Waals surface area contributed by atoms with Crippen molar-refractivity contribution in [2.45, 2.75) is 30.5 Å². The number of nitrogens with zero attached hydrogens (tertiary/aromatic N) is 2. The predicted octanol–water partition coefficient (Wildman–Crippen LogP) is 1.62. The van der Waals surface area contributed by atoms with Gasteiger partial charge >= 0.3 is 12.1 Å². The first kappa shape index (κ1) is 35.3. The van der Waals surface area contributed by atoms with Crippen molar-refractivity contribution in [2.24, 2.45) is 0 Å². The van der Waals surface area contributed by atoms with Gasteiger partial charge in [-0.2, -0.15) is 22.0 Å². The molecule has 1 saturated heterocycles. The first-order chi connectivity index (χ1) is 20.9. The van der Waals surface area contributed by atoms with Crippen LogP contribution >= 0.6 is 0 Å². The Hall–Kier alpha value is -3.20. The van der Waals surface area contributed by atoms with Crippen LogP contribution in [0.5, 0.6) is 5.75 Å². The van der Waals surface area contributed by atoms with E-state index in [1.54, 1.807) is 0 Å². The number of rotatable bonds is 16. The zero-order valence-corrected chi connectivity index (χ0v) is 22.7. The Kier molecular flexibility index (Phi) is 13.4. The van der Waals surface area contributed by atoms with Crippen LogP contribution in [-0.2, 0) is 34.7 Å². The van der Waals surface area contributed by atoms with Crippen molar-refractivity contribution in [2.75, 3.05) is 64.8 Å². The molecule has 44 heavy (non-hydrogen) atoms. The van der Waals surface area contributed by atoms with Gasteiger partial charge in [0.2, 0.25) is 17.4 Å². The number of carbonyl (C=O) groups is 1. The number of aromatic nitrogens is 2. The Morgan fingerprint density at radius 3 is 2.11 bits per heavy atom. The lowest BCUT2D eigenvalue weighted by Crippen LogP contribution is -2.57. The number of aliphatic hydroxyl groups is 2. The molecular formula is C25H28F7N3O9. The average Bonchev–Trinajstić information content (AvgIpc) is 2.98. The Labute approximate surface area is 245 Å². The molecule has 0 aliphatic carbocycles.